The van der Waals surface area contributed by atoms with E-state index in [9.17, 15) is 9.90 Å². The fourth-order valence-electron chi connectivity index (χ4n) is 4.59. The zero-order chi connectivity index (χ0) is 18.3. The number of carbonyl (C=O) groups is 1. The predicted octanol–water partition coefficient (Wildman–Crippen LogP) is 3.18. The highest BCUT2D eigenvalue weighted by Gasteiger charge is 2.45. The minimum absolute atomic E-state index is 0.0493. The molecule has 0 radical (unpaired) electrons. The topological polar surface area (TPSA) is 61.6 Å². The maximum absolute atomic E-state index is 12.3. The molecule has 5 heterocycles. The van der Waals surface area contributed by atoms with Gasteiger partial charge in [-0.2, -0.15) is 0 Å². The van der Waals surface area contributed by atoms with Crippen LogP contribution in [0.1, 0.15) is 32.3 Å². The van der Waals surface area contributed by atoms with E-state index in [1.54, 1.807) is 11.1 Å². The number of amides is 1. The summed E-state index contributed by atoms with van der Waals surface area (Å²) in [6, 6.07) is 7.89. The van der Waals surface area contributed by atoms with Crippen LogP contribution in [0.15, 0.2) is 42.9 Å². The minimum atomic E-state index is -0.840. The maximum atomic E-state index is 12.3. The molecular formula is C20H26N4O2. The van der Waals surface area contributed by atoms with Crippen LogP contribution in [0.25, 0.3) is 5.82 Å². The average molecular weight is 354 g/mol. The largest absolute Gasteiger partial charge is 0.465 e. The van der Waals surface area contributed by atoms with Gasteiger partial charge in [-0.15, -0.1) is 0 Å². The summed E-state index contributed by atoms with van der Waals surface area (Å²) in [5.74, 6) is 1.26. The molecule has 1 N–H and O–H groups in total. The molecule has 6 heteroatoms. The van der Waals surface area contributed by atoms with Crippen molar-refractivity contribution in [3.63, 3.8) is 0 Å². The molecule has 5 rings (SSSR count). The molecule has 0 spiro atoms. The Bertz CT molecular complexity index is 779. The van der Waals surface area contributed by atoms with Gasteiger partial charge in [-0.3, -0.25) is 4.90 Å². The quantitative estimate of drug-likeness (QED) is 0.916. The summed E-state index contributed by atoms with van der Waals surface area (Å²) in [6.45, 7) is 7.06. The first kappa shape index (κ1) is 17.1. The number of aromatic nitrogens is 2. The molecule has 26 heavy (non-hydrogen) atoms. The van der Waals surface area contributed by atoms with Crippen LogP contribution in [0.5, 0.6) is 0 Å². The Labute approximate surface area is 154 Å². The van der Waals surface area contributed by atoms with E-state index < -0.39 is 11.6 Å². The van der Waals surface area contributed by atoms with Crippen molar-refractivity contribution in [1.29, 1.82) is 0 Å². The average Bonchev–Trinajstić information content (AvgIpc) is 3.17. The van der Waals surface area contributed by atoms with Crippen molar-refractivity contribution in [3.05, 3.63) is 48.4 Å². The molecule has 0 saturated carbocycles. The lowest BCUT2D eigenvalue weighted by molar-refractivity contribution is -0.0289. The third kappa shape index (κ3) is 2.88. The van der Waals surface area contributed by atoms with Crippen molar-refractivity contribution in [2.45, 2.75) is 38.3 Å². The van der Waals surface area contributed by atoms with E-state index in [0.29, 0.717) is 5.92 Å². The van der Waals surface area contributed by atoms with Gasteiger partial charge in [-0.1, -0.05) is 0 Å². The molecule has 0 aromatic carbocycles. The normalized spacial score (nSPS) is 25.2. The highest BCUT2D eigenvalue weighted by atomic mass is 16.4. The Morgan fingerprint density at radius 2 is 1.96 bits per heavy atom. The summed E-state index contributed by atoms with van der Waals surface area (Å²) in [5.41, 5.74) is 0.343. The molecule has 3 saturated heterocycles. The molecular weight excluding hydrogens is 328 g/mol. The first-order valence-electron chi connectivity index (χ1n) is 9.31. The highest BCUT2D eigenvalue weighted by molar-refractivity contribution is 5.67. The third-order valence-electron chi connectivity index (χ3n) is 6.08. The van der Waals surface area contributed by atoms with Gasteiger partial charge >= 0.3 is 6.09 Å². The molecule has 0 aliphatic carbocycles. The predicted molar refractivity (Wildman–Crippen MR) is 99.4 cm³/mol. The van der Waals surface area contributed by atoms with Gasteiger partial charge in [0.15, 0.2) is 0 Å². The Morgan fingerprint density at radius 1 is 1.27 bits per heavy atom. The summed E-state index contributed by atoms with van der Waals surface area (Å²) in [6.07, 6.45) is 7.00. The number of carboxylic acid groups (broad SMARTS) is 1. The van der Waals surface area contributed by atoms with Crippen molar-refractivity contribution in [2.75, 3.05) is 19.6 Å². The fourth-order valence-corrected chi connectivity index (χ4v) is 4.59. The lowest BCUT2D eigenvalue weighted by atomic mass is 9.80. The number of piperidine rings is 3. The number of rotatable bonds is 4. The van der Waals surface area contributed by atoms with Crippen molar-refractivity contribution in [3.8, 4) is 5.82 Å². The summed E-state index contributed by atoms with van der Waals surface area (Å²) in [7, 11) is 0. The van der Waals surface area contributed by atoms with E-state index in [1.807, 2.05) is 55.1 Å². The van der Waals surface area contributed by atoms with E-state index in [0.717, 1.165) is 43.9 Å². The minimum Gasteiger partial charge on any atom is -0.465 e. The Kier molecular flexibility index (Phi) is 4.23. The van der Waals surface area contributed by atoms with Crippen LogP contribution in [-0.2, 0) is 5.54 Å². The lowest BCUT2D eigenvalue weighted by Gasteiger charge is -2.52. The number of fused-ring (bicyclic) bond motifs is 3. The Balaban J connectivity index is 1.69. The molecule has 2 aromatic rings. The van der Waals surface area contributed by atoms with E-state index in [4.69, 9.17) is 0 Å². The van der Waals surface area contributed by atoms with E-state index in [-0.39, 0.29) is 6.04 Å². The second kappa shape index (κ2) is 6.43. The van der Waals surface area contributed by atoms with Gasteiger partial charge in [0.05, 0.1) is 11.6 Å². The van der Waals surface area contributed by atoms with Gasteiger partial charge in [0, 0.05) is 25.1 Å². The molecule has 138 valence electrons. The summed E-state index contributed by atoms with van der Waals surface area (Å²) >= 11 is 0. The number of nitrogens with zero attached hydrogens (tertiary/aromatic N) is 4. The second-order valence-electron chi connectivity index (χ2n) is 7.91. The zero-order valence-electron chi connectivity index (χ0n) is 15.4. The van der Waals surface area contributed by atoms with Gasteiger partial charge in [-0.25, -0.2) is 9.78 Å². The van der Waals surface area contributed by atoms with Crippen LogP contribution in [0.4, 0.5) is 4.79 Å². The molecule has 3 fully saturated rings. The van der Waals surface area contributed by atoms with Gasteiger partial charge in [0.2, 0.25) is 0 Å². The molecule has 2 aromatic heterocycles. The van der Waals surface area contributed by atoms with Crippen LogP contribution in [0.2, 0.25) is 0 Å². The summed E-state index contributed by atoms with van der Waals surface area (Å²) < 4.78 is 1.94. The van der Waals surface area contributed by atoms with Gasteiger partial charge in [-0.05, 0) is 75.5 Å². The molecule has 1 unspecified atom stereocenters. The standard InChI is InChI=1S/C20H26N4O2/c1-20(2,16-5-8-21-18(13-16)23-9-3-4-10-23)24(19(25)26)17-14-22-11-6-15(17)7-12-22/h3-5,8-10,13,15,17H,6-7,11-12,14H2,1-2H3,(H,25,26). The van der Waals surface area contributed by atoms with Crippen LogP contribution < -0.4 is 0 Å². The first-order chi connectivity index (χ1) is 12.5. The monoisotopic (exact) mass is 354 g/mol. The van der Waals surface area contributed by atoms with E-state index in [1.165, 1.54) is 0 Å². The van der Waals surface area contributed by atoms with Crippen molar-refractivity contribution in [1.82, 2.24) is 19.4 Å². The van der Waals surface area contributed by atoms with Crippen molar-refractivity contribution in [2.24, 2.45) is 5.92 Å². The lowest BCUT2D eigenvalue weighted by Crippen LogP contribution is -2.62. The van der Waals surface area contributed by atoms with Gasteiger partial charge in [0.1, 0.15) is 5.82 Å². The van der Waals surface area contributed by atoms with Crippen LogP contribution >= 0.6 is 0 Å². The molecule has 6 nitrogen and oxygen atoms in total. The number of hydrogen-bond donors (Lipinski definition) is 1. The van der Waals surface area contributed by atoms with Gasteiger partial charge in [0.25, 0.3) is 0 Å². The number of hydrogen-bond acceptors (Lipinski definition) is 3. The SMILES string of the molecule is CC(C)(c1ccnc(-n2cccc2)c1)N(C(=O)O)C1CN2CCC1CC2. The fraction of sp³-hybridized carbons (Fsp3) is 0.500. The summed E-state index contributed by atoms with van der Waals surface area (Å²) in [5, 5.41) is 10.1. The first-order valence-corrected chi connectivity index (χ1v) is 9.31. The van der Waals surface area contributed by atoms with E-state index >= 15 is 0 Å². The van der Waals surface area contributed by atoms with Crippen LogP contribution in [0, 0.1) is 5.92 Å². The highest BCUT2D eigenvalue weighted by Crippen LogP contribution is 2.38. The third-order valence-corrected chi connectivity index (χ3v) is 6.08. The van der Waals surface area contributed by atoms with E-state index in [2.05, 4.69) is 9.88 Å². The van der Waals surface area contributed by atoms with Crippen LogP contribution in [-0.4, -0.2) is 56.2 Å². The Morgan fingerprint density at radius 3 is 2.54 bits per heavy atom. The Hall–Kier alpha value is -2.34. The second-order valence-corrected chi connectivity index (χ2v) is 7.91. The molecule has 1 amide bonds. The molecule has 3 aliphatic rings. The van der Waals surface area contributed by atoms with Gasteiger partial charge < -0.3 is 14.6 Å². The molecule has 1 atom stereocenters. The number of pyridine rings is 1. The van der Waals surface area contributed by atoms with Crippen molar-refractivity contribution < 1.29 is 9.90 Å². The summed E-state index contributed by atoms with van der Waals surface area (Å²) in [4.78, 5) is 20.8. The smallest absolute Gasteiger partial charge is 0.408 e. The maximum Gasteiger partial charge on any atom is 0.408 e. The zero-order valence-corrected chi connectivity index (χ0v) is 15.4. The van der Waals surface area contributed by atoms with Crippen LogP contribution in [0.3, 0.4) is 0 Å². The molecule has 2 bridgehead atoms. The van der Waals surface area contributed by atoms with Crippen molar-refractivity contribution >= 4 is 6.09 Å². The molecule has 3 aliphatic heterocycles.